The van der Waals surface area contributed by atoms with Crippen molar-refractivity contribution in [3.05, 3.63) is 40.2 Å². The van der Waals surface area contributed by atoms with Crippen LogP contribution in [0.3, 0.4) is 0 Å². The van der Waals surface area contributed by atoms with Crippen LogP contribution in [0.15, 0.2) is 34.2 Å². The molecule has 9 nitrogen and oxygen atoms in total. The molecule has 0 saturated heterocycles. The van der Waals surface area contributed by atoms with Crippen LogP contribution < -0.4 is 21.3 Å². The molecule has 2 rings (SSSR count). The Morgan fingerprint density at radius 3 is 2.52 bits per heavy atom. The van der Waals surface area contributed by atoms with Gasteiger partial charge in [-0.15, -0.1) is 0 Å². The van der Waals surface area contributed by atoms with Gasteiger partial charge in [-0.25, -0.2) is 4.98 Å². The van der Waals surface area contributed by atoms with Gasteiger partial charge in [-0.2, -0.15) is 0 Å². The van der Waals surface area contributed by atoms with Gasteiger partial charge in [0, 0.05) is 5.56 Å². The van der Waals surface area contributed by atoms with E-state index in [-0.39, 0.29) is 22.4 Å². The lowest BCUT2D eigenvalue weighted by molar-refractivity contribution is -0.137. The first-order valence-corrected chi connectivity index (χ1v) is 7.98. The van der Waals surface area contributed by atoms with E-state index < -0.39 is 17.4 Å². The molecule has 0 spiro atoms. The van der Waals surface area contributed by atoms with Crippen molar-refractivity contribution >= 4 is 35.1 Å². The fraction of sp³-hybridized carbons (Fsp3) is 0.200. The Bertz CT molecular complexity index is 835. The molecule has 2 aromatic rings. The first kappa shape index (κ1) is 18.3. The molecule has 0 aliphatic rings. The van der Waals surface area contributed by atoms with E-state index in [1.54, 1.807) is 24.3 Å². The zero-order valence-electron chi connectivity index (χ0n) is 13.5. The van der Waals surface area contributed by atoms with E-state index in [1.165, 1.54) is 14.2 Å². The number of methoxy groups -OCH3 is 2. The maximum Gasteiger partial charge on any atom is 0.316 e. The number of hydrogen-bond acceptors (Lipinski definition) is 8. The highest BCUT2D eigenvalue weighted by Crippen LogP contribution is 2.18. The molecule has 1 heterocycles. The number of carbonyl (C=O) groups excluding carboxylic acids is 2. The molecule has 0 fully saturated rings. The second kappa shape index (κ2) is 8.20. The van der Waals surface area contributed by atoms with Gasteiger partial charge in [-0.3, -0.25) is 19.4 Å². The molecule has 4 N–H and O–H groups in total. The van der Waals surface area contributed by atoms with Crippen LogP contribution in [0, 0.1) is 0 Å². The van der Waals surface area contributed by atoms with Crippen molar-refractivity contribution in [2.24, 2.45) is 0 Å². The highest BCUT2D eigenvalue weighted by Gasteiger charge is 2.15. The second-order valence-electron chi connectivity index (χ2n) is 4.68. The monoisotopic (exact) mass is 364 g/mol. The van der Waals surface area contributed by atoms with Gasteiger partial charge in [0.2, 0.25) is 0 Å². The average molecular weight is 364 g/mol. The Hall–Kier alpha value is -3.01. The smallest absolute Gasteiger partial charge is 0.316 e. The Balaban J connectivity index is 2.14. The quantitative estimate of drug-likeness (QED) is 0.390. The number of nitrogens with one attached hydrogen (secondary N) is 2. The number of rotatable bonds is 6. The summed E-state index contributed by atoms with van der Waals surface area (Å²) in [6.07, 6.45) is 0. The van der Waals surface area contributed by atoms with Crippen molar-refractivity contribution in [1.82, 2.24) is 9.97 Å². The summed E-state index contributed by atoms with van der Waals surface area (Å²) in [7, 11) is 2.77. The number of aromatic amines is 1. The third kappa shape index (κ3) is 4.73. The number of thioether (sulfide) groups is 1. The van der Waals surface area contributed by atoms with Crippen LogP contribution in [0.2, 0.25) is 0 Å². The highest BCUT2D eigenvalue weighted by molar-refractivity contribution is 7.99. The summed E-state index contributed by atoms with van der Waals surface area (Å²) in [5.41, 5.74) is 5.27. The van der Waals surface area contributed by atoms with Crippen LogP contribution in [-0.2, 0) is 9.53 Å². The molecule has 0 unspecified atom stereocenters. The summed E-state index contributed by atoms with van der Waals surface area (Å²) in [6.45, 7) is 0. The third-order valence-electron chi connectivity index (χ3n) is 3.07. The third-order valence-corrected chi connectivity index (χ3v) is 3.92. The van der Waals surface area contributed by atoms with E-state index in [2.05, 4.69) is 20.0 Å². The average Bonchev–Trinajstić information content (AvgIpc) is 2.62. The number of H-pyrrole nitrogens is 1. The van der Waals surface area contributed by atoms with Crippen LogP contribution in [0.4, 0.5) is 11.5 Å². The number of esters is 1. The normalized spacial score (nSPS) is 10.2. The molecule has 0 aliphatic carbocycles. The number of anilines is 2. The molecule has 1 amide bonds. The number of amides is 1. The van der Waals surface area contributed by atoms with E-state index in [4.69, 9.17) is 10.5 Å². The second-order valence-corrected chi connectivity index (χ2v) is 5.64. The maximum absolute atomic E-state index is 12.2. The molecule has 0 saturated carbocycles. The number of nitrogens with zero attached hydrogens (tertiary/aromatic N) is 1. The van der Waals surface area contributed by atoms with E-state index in [0.717, 1.165) is 11.8 Å². The number of ether oxygens (including phenoxy) is 2. The SMILES string of the molecule is COC(=O)CSc1nc(N)c(NC(=O)c2ccc(OC)cc2)c(=O)[nH]1. The molecule has 1 aromatic carbocycles. The number of carbonyl (C=O) groups is 2. The van der Waals surface area contributed by atoms with E-state index in [1.807, 2.05) is 0 Å². The molecular weight excluding hydrogens is 348 g/mol. The van der Waals surface area contributed by atoms with Crippen LogP contribution in [0.1, 0.15) is 10.4 Å². The predicted molar refractivity (Wildman–Crippen MR) is 93.0 cm³/mol. The molecule has 25 heavy (non-hydrogen) atoms. The van der Waals surface area contributed by atoms with Gasteiger partial charge in [0.1, 0.15) is 11.4 Å². The molecule has 0 atom stereocenters. The largest absolute Gasteiger partial charge is 0.497 e. The number of nitrogens with two attached hydrogens (primary N) is 1. The van der Waals surface area contributed by atoms with Crippen LogP contribution >= 0.6 is 11.8 Å². The Labute approximate surface area is 146 Å². The minimum absolute atomic E-state index is 0.0313. The summed E-state index contributed by atoms with van der Waals surface area (Å²) in [6, 6.07) is 6.33. The van der Waals surface area contributed by atoms with E-state index in [0.29, 0.717) is 11.3 Å². The summed E-state index contributed by atoms with van der Waals surface area (Å²) in [5, 5.41) is 2.57. The standard InChI is InChI=1S/C15H16N4O5S/c1-23-9-5-3-8(4-6-9)13(21)17-11-12(16)18-15(19-14(11)22)25-7-10(20)24-2/h3-6H,7H2,1-2H3,(H,17,21)(H3,16,18,19,22). The first-order valence-electron chi connectivity index (χ1n) is 6.99. The lowest BCUT2D eigenvalue weighted by Crippen LogP contribution is -2.23. The van der Waals surface area contributed by atoms with Gasteiger partial charge in [0.15, 0.2) is 11.0 Å². The Kier molecular flexibility index (Phi) is 6.01. The number of hydrogen-bond donors (Lipinski definition) is 3. The fourth-order valence-corrected chi connectivity index (χ4v) is 2.47. The number of benzene rings is 1. The Morgan fingerprint density at radius 2 is 1.96 bits per heavy atom. The fourth-order valence-electron chi connectivity index (χ4n) is 1.77. The van der Waals surface area contributed by atoms with Gasteiger partial charge in [0.05, 0.1) is 20.0 Å². The zero-order valence-corrected chi connectivity index (χ0v) is 14.3. The van der Waals surface area contributed by atoms with Crippen molar-refractivity contribution < 1.29 is 19.1 Å². The van der Waals surface area contributed by atoms with Crippen LogP contribution in [0.25, 0.3) is 0 Å². The molecule has 0 radical (unpaired) electrons. The predicted octanol–water partition coefficient (Wildman–Crippen LogP) is 0.878. The topological polar surface area (TPSA) is 136 Å². The van der Waals surface area contributed by atoms with Crippen LogP contribution in [0.5, 0.6) is 5.75 Å². The molecule has 10 heteroatoms. The zero-order chi connectivity index (χ0) is 18.4. The van der Waals surface area contributed by atoms with E-state index >= 15 is 0 Å². The molecule has 132 valence electrons. The molecule has 1 aromatic heterocycles. The van der Waals surface area contributed by atoms with Gasteiger partial charge < -0.3 is 20.5 Å². The van der Waals surface area contributed by atoms with Crippen molar-refractivity contribution in [3.63, 3.8) is 0 Å². The van der Waals surface area contributed by atoms with Crippen molar-refractivity contribution in [3.8, 4) is 5.75 Å². The maximum atomic E-state index is 12.2. The number of aromatic nitrogens is 2. The van der Waals surface area contributed by atoms with Crippen molar-refractivity contribution in [2.45, 2.75) is 5.16 Å². The minimum Gasteiger partial charge on any atom is -0.497 e. The molecule has 0 bridgehead atoms. The lowest BCUT2D eigenvalue weighted by Gasteiger charge is -2.08. The number of nitrogen functional groups attached to an aromatic ring is 1. The molecule has 0 aliphatic heterocycles. The summed E-state index contributed by atoms with van der Waals surface area (Å²) >= 11 is 0.962. The van der Waals surface area contributed by atoms with E-state index in [9.17, 15) is 14.4 Å². The van der Waals surface area contributed by atoms with Gasteiger partial charge in [0.25, 0.3) is 11.5 Å². The van der Waals surface area contributed by atoms with Gasteiger partial charge >= 0.3 is 5.97 Å². The first-order chi connectivity index (χ1) is 11.9. The molecular formula is C15H16N4O5S. The van der Waals surface area contributed by atoms with Gasteiger partial charge in [-0.05, 0) is 24.3 Å². The summed E-state index contributed by atoms with van der Waals surface area (Å²) in [5.74, 6) is -0.573. The minimum atomic E-state index is -0.623. The highest BCUT2D eigenvalue weighted by atomic mass is 32.2. The van der Waals surface area contributed by atoms with Gasteiger partial charge in [-0.1, -0.05) is 11.8 Å². The summed E-state index contributed by atoms with van der Waals surface area (Å²) in [4.78, 5) is 41.8. The van der Waals surface area contributed by atoms with Crippen LogP contribution in [-0.4, -0.2) is 41.8 Å². The lowest BCUT2D eigenvalue weighted by atomic mass is 10.2. The van der Waals surface area contributed by atoms with Crippen molar-refractivity contribution in [1.29, 1.82) is 0 Å². The summed E-state index contributed by atoms with van der Waals surface area (Å²) < 4.78 is 9.51. The van der Waals surface area contributed by atoms with Crippen molar-refractivity contribution in [2.75, 3.05) is 31.0 Å². The Morgan fingerprint density at radius 1 is 1.28 bits per heavy atom.